The summed E-state index contributed by atoms with van der Waals surface area (Å²) < 4.78 is 0. The van der Waals surface area contributed by atoms with Crippen molar-refractivity contribution in [2.75, 3.05) is 17.4 Å². The first-order valence-electron chi connectivity index (χ1n) is 7.48. The van der Waals surface area contributed by atoms with E-state index >= 15 is 0 Å². The van der Waals surface area contributed by atoms with Crippen molar-refractivity contribution in [1.29, 1.82) is 0 Å². The zero-order chi connectivity index (χ0) is 17.0. The number of carbonyl (C=O) groups is 2. The molecule has 2 rings (SSSR count). The van der Waals surface area contributed by atoms with Crippen LogP contribution >= 0.6 is 11.8 Å². The molecule has 0 radical (unpaired) electrons. The van der Waals surface area contributed by atoms with Gasteiger partial charge in [0.2, 0.25) is 11.8 Å². The van der Waals surface area contributed by atoms with E-state index in [9.17, 15) is 9.59 Å². The molecule has 1 saturated heterocycles. The van der Waals surface area contributed by atoms with Gasteiger partial charge in [0.1, 0.15) is 17.7 Å². The van der Waals surface area contributed by atoms with Gasteiger partial charge in [-0.3, -0.25) is 9.59 Å². The smallest absolute Gasteiger partial charge is 0.244 e. The van der Waals surface area contributed by atoms with Gasteiger partial charge in [-0.15, -0.1) is 11.8 Å². The summed E-state index contributed by atoms with van der Waals surface area (Å²) in [5, 5.41) is 2.79. The molecule has 3 N–H and O–H groups in total. The minimum absolute atomic E-state index is 0.0165. The number of carbonyl (C=O) groups excluding carboxylic acids is 2. The Balaban J connectivity index is 1.94. The highest BCUT2D eigenvalue weighted by Gasteiger charge is 2.35. The Hall–Kier alpha value is -1.83. The monoisotopic (exact) mass is 337 g/mol. The molecule has 1 aromatic heterocycles. The van der Waals surface area contributed by atoms with Crippen molar-refractivity contribution in [1.82, 2.24) is 20.2 Å². The van der Waals surface area contributed by atoms with Crippen LogP contribution in [0.5, 0.6) is 0 Å². The number of thioether (sulfide) groups is 1. The molecule has 126 valence electrons. The molecule has 1 aliphatic rings. The summed E-state index contributed by atoms with van der Waals surface area (Å²) in [5.74, 6) is 1.83. The molecule has 0 bridgehead atoms. The van der Waals surface area contributed by atoms with E-state index in [0.29, 0.717) is 29.7 Å². The van der Waals surface area contributed by atoms with Crippen molar-refractivity contribution < 1.29 is 9.59 Å². The summed E-state index contributed by atoms with van der Waals surface area (Å²) in [5.41, 5.74) is 5.49. The summed E-state index contributed by atoms with van der Waals surface area (Å²) >= 11 is 1.59. The highest BCUT2D eigenvalue weighted by atomic mass is 32.2. The summed E-state index contributed by atoms with van der Waals surface area (Å²) in [6, 6.07) is 1.15. The molecule has 2 heterocycles. The highest BCUT2D eigenvalue weighted by Crippen LogP contribution is 2.26. The molecular weight excluding hydrogens is 314 g/mol. The standard InChI is InChI=1S/C15H23N5O2S/c1-15(2,3)6-13(21)20-9-23-8-10(20)14(22)18-7-12-17-5-4-11(16)19-12/h4-5,10H,6-9H2,1-3H3,(H,18,22)(H2,16,17,19)/t10-/m1/s1. The second kappa shape index (κ2) is 7.16. The molecule has 1 atom stereocenters. The molecule has 1 fully saturated rings. The van der Waals surface area contributed by atoms with Gasteiger partial charge in [0.05, 0.1) is 12.4 Å². The topological polar surface area (TPSA) is 101 Å². The van der Waals surface area contributed by atoms with Gasteiger partial charge in [-0.25, -0.2) is 9.97 Å². The number of rotatable bonds is 4. The van der Waals surface area contributed by atoms with Crippen LogP contribution in [-0.4, -0.2) is 44.4 Å². The van der Waals surface area contributed by atoms with Crippen LogP contribution in [0.3, 0.4) is 0 Å². The minimum atomic E-state index is -0.434. The Bertz CT molecular complexity index is 587. The first kappa shape index (κ1) is 17.5. The van der Waals surface area contributed by atoms with Crippen LogP contribution in [0.4, 0.5) is 5.82 Å². The van der Waals surface area contributed by atoms with Crippen molar-refractivity contribution >= 4 is 29.4 Å². The van der Waals surface area contributed by atoms with E-state index in [2.05, 4.69) is 15.3 Å². The lowest BCUT2D eigenvalue weighted by atomic mass is 9.91. The van der Waals surface area contributed by atoms with Gasteiger partial charge in [0, 0.05) is 18.4 Å². The number of nitrogen functional groups attached to an aromatic ring is 1. The van der Waals surface area contributed by atoms with Gasteiger partial charge in [-0.1, -0.05) is 20.8 Å². The number of aromatic nitrogens is 2. The predicted molar refractivity (Wildman–Crippen MR) is 90.3 cm³/mol. The largest absolute Gasteiger partial charge is 0.384 e. The number of nitrogens with one attached hydrogen (secondary N) is 1. The summed E-state index contributed by atoms with van der Waals surface area (Å²) in [6.07, 6.45) is 1.98. The summed E-state index contributed by atoms with van der Waals surface area (Å²) in [6.45, 7) is 6.24. The molecule has 0 spiro atoms. The fraction of sp³-hybridized carbons (Fsp3) is 0.600. The number of amides is 2. The normalized spacial score (nSPS) is 18.0. The maximum Gasteiger partial charge on any atom is 0.244 e. The lowest BCUT2D eigenvalue weighted by Crippen LogP contribution is -2.47. The van der Waals surface area contributed by atoms with Crippen LogP contribution in [0.25, 0.3) is 0 Å². The molecule has 7 nitrogen and oxygen atoms in total. The van der Waals surface area contributed by atoms with E-state index in [-0.39, 0.29) is 23.8 Å². The van der Waals surface area contributed by atoms with Gasteiger partial charge in [-0.2, -0.15) is 0 Å². The van der Waals surface area contributed by atoms with E-state index < -0.39 is 6.04 Å². The Morgan fingerprint density at radius 3 is 2.87 bits per heavy atom. The molecule has 8 heteroatoms. The number of hydrogen-bond donors (Lipinski definition) is 2. The van der Waals surface area contributed by atoms with Crippen molar-refractivity contribution in [3.63, 3.8) is 0 Å². The van der Waals surface area contributed by atoms with Crippen LogP contribution in [0, 0.1) is 5.41 Å². The van der Waals surface area contributed by atoms with Crippen LogP contribution in [-0.2, 0) is 16.1 Å². The first-order valence-corrected chi connectivity index (χ1v) is 8.64. The van der Waals surface area contributed by atoms with Crippen molar-refractivity contribution in [3.05, 3.63) is 18.1 Å². The molecular formula is C15H23N5O2S. The van der Waals surface area contributed by atoms with Crippen molar-refractivity contribution in [2.45, 2.75) is 39.8 Å². The third-order valence-corrected chi connectivity index (χ3v) is 4.35. The summed E-state index contributed by atoms with van der Waals surface area (Å²) in [4.78, 5) is 34.5. The first-order chi connectivity index (χ1) is 10.8. The predicted octanol–water partition coefficient (Wildman–Crippen LogP) is 1.01. The quantitative estimate of drug-likeness (QED) is 0.850. The maximum atomic E-state index is 12.4. The third-order valence-electron chi connectivity index (χ3n) is 3.33. The third kappa shape index (κ3) is 5.09. The van der Waals surface area contributed by atoms with Crippen molar-refractivity contribution in [3.8, 4) is 0 Å². The molecule has 0 saturated carbocycles. The van der Waals surface area contributed by atoms with Gasteiger partial charge in [0.15, 0.2) is 0 Å². The second-order valence-electron chi connectivity index (χ2n) is 6.73. The zero-order valence-corrected chi connectivity index (χ0v) is 14.5. The molecule has 1 aliphatic heterocycles. The van der Waals surface area contributed by atoms with Crippen molar-refractivity contribution in [2.24, 2.45) is 5.41 Å². The van der Waals surface area contributed by atoms with E-state index in [1.807, 2.05) is 20.8 Å². The fourth-order valence-electron chi connectivity index (χ4n) is 2.24. The van der Waals surface area contributed by atoms with Gasteiger partial charge in [-0.05, 0) is 11.5 Å². The van der Waals surface area contributed by atoms with Crippen LogP contribution in [0.1, 0.15) is 33.0 Å². The molecule has 0 aliphatic carbocycles. The molecule has 0 aromatic carbocycles. The van der Waals surface area contributed by atoms with Gasteiger partial charge < -0.3 is 16.0 Å². The number of nitrogens with two attached hydrogens (primary N) is 1. The van der Waals surface area contributed by atoms with Crippen LogP contribution in [0.2, 0.25) is 0 Å². The van der Waals surface area contributed by atoms with E-state index in [0.717, 1.165) is 0 Å². The average molecular weight is 337 g/mol. The van der Waals surface area contributed by atoms with Gasteiger partial charge in [0.25, 0.3) is 0 Å². The van der Waals surface area contributed by atoms with Crippen LogP contribution < -0.4 is 11.1 Å². The molecule has 1 aromatic rings. The number of hydrogen-bond acceptors (Lipinski definition) is 6. The number of anilines is 1. The molecule has 0 unspecified atom stereocenters. The van der Waals surface area contributed by atoms with Gasteiger partial charge >= 0.3 is 0 Å². The Kier molecular flexibility index (Phi) is 5.46. The minimum Gasteiger partial charge on any atom is -0.384 e. The Morgan fingerprint density at radius 2 is 2.22 bits per heavy atom. The lowest BCUT2D eigenvalue weighted by Gasteiger charge is -2.26. The number of nitrogens with zero attached hydrogens (tertiary/aromatic N) is 3. The summed E-state index contributed by atoms with van der Waals surface area (Å²) in [7, 11) is 0. The van der Waals surface area contributed by atoms with E-state index in [4.69, 9.17) is 5.73 Å². The average Bonchev–Trinajstić information content (AvgIpc) is 2.92. The fourth-order valence-corrected chi connectivity index (χ4v) is 3.43. The van der Waals surface area contributed by atoms with E-state index in [1.54, 1.807) is 28.9 Å². The maximum absolute atomic E-state index is 12.4. The zero-order valence-electron chi connectivity index (χ0n) is 13.7. The highest BCUT2D eigenvalue weighted by molar-refractivity contribution is 7.99. The second-order valence-corrected chi connectivity index (χ2v) is 7.73. The Morgan fingerprint density at radius 1 is 1.48 bits per heavy atom. The van der Waals surface area contributed by atoms with E-state index in [1.165, 1.54) is 0 Å². The lowest BCUT2D eigenvalue weighted by molar-refractivity contribution is -0.139. The SMILES string of the molecule is CC(C)(C)CC(=O)N1CSC[C@@H]1C(=O)NCc1nccc(N)n1. The molecule has 2 amide bonds. The Labute approximate surface area is 140 Å². The van der Waals surface area contributed by atoms with Crippen LogP contribution in [0.15, 0.2) is 12.3 Å². The molecule has 23 heavy (non-hydrogen) atoms.